The van der Waals surface area contributed by atoms with Crippen molar-refractivity contribution in [2.75, 3.05) is 13.7 Å². The molecule has 0 fully saturated rings. The van der Waals surface area contributed by atoms with E-state index in [1.54, 1.807) is 7.11 Å². The lowest BCUT2D eigenvalue weighted by Crippen LogP contribution is -2.06. The zero-order valence-corrected chi connectivity index (χ0v) is 8.69. The van der Waals surface area contributed by atoms with Crippen LogP contribution >= 0.6 is 11.6 Å². The molecule has 0 aliphatic heterocycles. The summed E-state index contributed by atoms with van der Waals surface area (Å²) in [5.41, 5.74) is 7.79. The second kappa shape index (κ2) is 4.49. The number of benzene rings is 1. The first-order chi connectivity index (χ1) is 6.20. The van der Waals surface area contributed by atoms with Crippen molar-refractivity contribution in [2.24, 2.45) is 5.73 Å². The highest BCUT2D eigenvalue weighted by Gasteiger charge is 2.09. The molecule has 0 spiro atoms. The van der Waals surface area contributed by atoms with Crippen molar-refractivity contribution in [3.05, 3.63) is 28.3 Å². The van der Waals surface area contributed by atoms with E-state index in [4.69, 9.17) is 22.1 Å². The van der Waals surface area contributed by atoms with Gasteiger partial charge in [0, 0.05) is 0 Å². The average Bonchev–Trinajstić information content (AvgIpc) is 2.12. The largest absolute Gasteiger partial charge is 0.495 e. The van der Waals surface area contributed by atoms with Crippen LogP contribution in [0.3, 0.4) is 0 Å². The summed E-state index contributed by atoms with van der Waals surface area (Å²) >= 11 is 5.97. The fourth-order valence-electron chi connectivity index (χ4n) is 1.37. The zero-order chi connectivity index (χ0) is 9.84. The van der Waals surface area contributed by atoms with Crippen LogP contribution in [0.4, 0.5) is 0 Å². The van der Waals surface area contributed by atoms with Gasteiger partial charge < -0.3 is 10.5 Å². The second-order valence-electron chi connectivity index (χ2n) is 2.91. The van der Waals surface area contributed by atoms with Gasteiger partial charge in [0.2, 0.25) is 0 Å². The van der Waals surface area contributed by atoms with Gasteiger partial charge in [0.05, 0.1) is 12.1 Å². The highest BCUT2D eigenvalue weighted by Crippen LogP contribution is 2.30. The normalized spacial score (nSPS) is 10.2. The molecule has 1 aromatic rings. The van der Waals surface area contributed by atoms with Gasteiger partial charge in [-0.05, 0) is 37.1 Å². The summed E-state index contributed by atoms with van der Waals surface area (Å²) in [7, 11) is 1.63. The molecule has 2 nitrogen and oxygen atoms in total. The smallest absolute Gasteiger partial charge is 0.140 e. The van der Waals surface area contributed by atoms with Crippen LogP contribution in [-0.2, 0) is 6.42 Å². The first-order valence-corrected chi connectivity index (χ1v) is 4.60. The van der Waals surface area contributed by atoms with E-state index in [2.05, 4.69) is 0 Å². The minimum atomic E-state index is 0.609. The molecule has 3 heteroatoms. The third kappa shape index (κ3) is 2.14. The molecule has 0 bridgehead atoms. The molecule has 2 N–H and O–H groups in total. The number of hydrogen-bond donors (Lipinski definition) is 1. The molecule has 0 aliphatic rings. The number of halogens is 1. The summed E-state index contributed by atoms with van der Waals surface area (Å²) in [6.45, 7) is 2.64. The lowest BCUT2D eigenvalue weighted by Gasteiger charge is -2.11. The predicted octanol–water partition coefficient (Wildman–Crippen LogP) is 2.16. The van der Waals surface area contributed by atoms with Crippen molar-refractivity contribution in [1.82, 2.24) is 0 Å². The lowest BCUT2D eigenvalue weighted by atomic mass is 10.0. The molecule has 0 amide bonds. The van der Waals surface area contributed by atoms with E-state index >= 15 is 0 Å². The molecule has 0 aromatic heterocycles. The Labute approximate surface area is 83.6 Å². The molecule has 72 valence electrons. The fraction of sp³-hybridized carbons (Fsp3) is 0.400. The zero-order valence-electron chi connectivity index (χ0n) is 7.93. The van der Waals surface area contributed by atoms with Gasteiger partial charge in [-0.15, -0.1) is 0 Å². The van der Waals surface area contributed by atoms with E-state index in [9.17, 15) is 0 Å². The van der Waals surface area contributed by atoms with E-state index in [-0.39, 0.29) is 0 Å². The monoisotopic (exact) mass is 199 g/mol. The third-order valence-corrected chi connectivity index (χ3v) is 2.34. The van der Waals surface area contributed by atoms with Gasteiger partial charge in [0.1, 0.15) is 5.75 Å². The van der Waals surface area contributed by atoms with Gasteiger partial charge in [-0.2, -0.15) is 0 Å². The SMILES string of the molecule is COc1c(Cl)ccc(C)c1CCN. The van der Waals surface area contributed by atoms with Crippen LogP contribution in [0.1, 0.15) is 11.1 Å². The van der Waals surface area contributed by atoms with Crippen molar-refractivity contribution < 1.29 is 4.74 Å². The molecule has 0 saturated carbocycles. The summed E-state index contributed by atoms with van der Waals surface area (Å²) in [6, 6.07) is 3.82. The summed E-state index contributed by atoms with van der Waals surface area (Å²) in [4.78, 5) is 0. The molecule has 0 heterocycles. The standard InChI is InChI=1S/C10H14ClNO/c1-7-3-4-9(11)10(13-2)8(7)5-6-12/h3-4H,5-6,12H2,1-2H3. The summed E-state index contributed by atoms with van der Waals surface area (Å²) in [5.74, 6) is 0.757. The van der Waals surface area contributed by atoms with E-state index in [1.807, 2.05) is 19.1 Å². The van der Waals surface area contributed by atoms with E-state index in [0.29, 0.717) is 11.6 Å². The maximum atomic E-state index is 5.97. The molecule has 0 aliphatic carbocycles. The number of aryl methyl sites for hydroxylation is 1. The van der Waals surface area contributed by atoms with Gasteiger partial charge in [0.25, 0.3) is 0 Å². The highest BCUT2D eigenvalue weighted by atomic mass is 35.5. The van der Waals surface area contributed by atoms with Gasteiger partial charge in [-0.1, -0.05) is 17.7 Å². The van der Waals surface area contributed by atoms with Crippen LogP contribution in [0, 0.1) is 6.92 Å². The molecule has 1 rings (SSSR count). The number of hydrogen-bond acceptors (Lipinski definition) is 2. The maximum Gasteiger partial charge on any atom is 0.140 e. The molecular weight excluding hydrogens is 186 g/mol. The maximum absolute atomic E-state index is 5.97. The average molecular weight is 200 g/mol. The lowest BCUT2D eigenvalue weighted by molar-refractivity contribution is 0.409. The van der Waals surface area contributed by atoms with Gasteiger partial charge in [0.15, 0.2) is 0 Å². The third-order valence-electron chi connectivity index (χ3n) is 2.05. The van der Waals surface area contributed by atoms with Crippen LogP contribution in [0.5, 0.6) is 5.75 Å². The Kier molecular flexibility index (Phi) is 3.58. The Morgan fingerprint density at radius 2 is 2.15 bits per heavy atom. The molecular formula is C10H14ClNO. The summed E-state index contributed by atoms with van der Waals surface area (Å²) in [5, 5.41) is 0.650. The van der Waals surface area contributed by atoms with Crippen LogP contribution in [0.2, 0.25) is 5.02 Å². The topological polar surface area (TPSA) is 35.2 Å². The van der Waals surface area contributed by atoms with Crippen molar-refractivity contribution in [3.63, 3.8) is 0 Å². The number of rotatable bonds is 3. The van der Waals surface area contributed by atoms with E-state index in [0.717, 1.165) is 17.7 Å². The first kappa shape index (κ1) is 10.4. The summed E-state index contributed by atoms with van der Waals surface area (Å²) in [6.07, 6.45) is 0.801. The van der Waals surface area contributed by atoms with Crippen LogP contribution in [-0.4, -0.2) is 13.7 Å². The van der Waals surface area contributed by atoms with Crippen LogP contribution < -0.4 is 10.5 Å². The number of ether oxygens (including phenoxy) is 1. The van der Waals surface area contributed by atoms with Gasteiger partial charge >= 0.3 is 0 Å². The van der Waals surface area contributed by atoms with Gasteiger partial charge in [-0.25, -0.2) is 0 Å². The Morgan fingerprint density at radius 3 is 2.69 bits per heavy atom. The molecule has 13 heavy (non-hydrogen) atoms. The Bertz CT molecular complexity index is 299. The predicted molar refractivity (Wildman–Crippen MR) is 55.5 cm³/mol. The van der Waals surface area contributed by atoms with Crippen molar-refractivity contribution >= 4 is 11.6 Å². The molecule has 0 unspecified atom stereocenters. The highest BCUT2D eigenvalue weighted by molar-refractivity contribution is 6.32. The minimum Gasteiger partial charge on any atom is -0.495 e. The minimum absolute atomic E-state index is 0.609. The van der Waals surface area contributed by atoms with Crippen molar-refractivity contribution in [1.29, 1.82) is 0 Å². The van der Waals surface area contributed by atoms with Crippen molar-refractivity contribution in [3.8, 4) is 5.75 Å². The molecule has 0 radical (unpaired) electrons. The van der Waals surface area contributed by atoms with Crippen molar-refractivity contribution in [2.45, 2.75) is 13.3 Å². The molecule has 0 saturated heterocycles. The number of methoxy groups -OCH3 is 1. The van der Waals surface area contributed by atoms with Crippen LogP contribution in [0.25, 0.3) is 0 Å². The van der Waals surface area contributed by atoms with Gasteiger partial charge in [-0.3, -0.25) is 0 Å². The Balaban J connectivity index is 3.18. The van der Waals surface area contributed by atoms with E-state index in [1.165, 1.54) is 5.56 Å². The summed E-state index contributed by atoms with van der Waals surface area (Å²) < 4.78 is 5.22. The second-order valence-corrected chi connectivity index (χ2v) is 3.32. The molecule has 0 atom stereocenters. The number of nitrogens with two attached hydrogens (primary N) is 1. The Morgan fingerprint density at radius 1 is 1.46 bits per heavy atom. The quantitative estimate of drug-likeness (QED) is 0.810. The molecule has 1 aromatic carbocycles. The Hall–Kier alpha value is -0.730. The van der Waals surface area contributed by atoms with Crippen LogP contribution in [0.15, 0.2) is 12.1 Å². The fourth-order valence-corrected chi connectivity index (χ4v) is 1.63. The first-order valence-electron chi connectivity index (χ1n) is 4.22. The van der Waals surface area contributed by atoms with E-state index < -0.39 is 0 Å².